The topological polar surface area (TPSA) is 54.5 Å². The normalized spacial score (nSPS) is 12.3. The number of anilines is 1. The van der Waals surface area contributed by atoms with E-state index in [4.69, 9.17) is 17.3 Å². The van der Waals surface area contributed by atoms with E-state index in [9.17, 15) is 13.2 Å². The Hall–Kier alpha value is -2.28. The molecule has 0 aliphatic rings. The number of benzene rings is 1. The molecule has 0 radical (unpaired) electrons. The van der Waals surface area contributed by atoms with Crippen molar-refractivity contribution in [1.29, 1.82) is 0 Å². The van der Waals surface area contributed by atoms with Crippen molar-refractivity contribution in [2.75, 3.05) is 24.9 Å². The summed E-state index contributed by atoms with van der Waals surface area (Å²) in [5, 5.41) is 0. The van der Waals surface area contributed by atoms with Crippen LogP contribution >= 0.6 is 11.6 Å². The summed E-state index contributed by atoms with van der Waals surface area (Å²) >= 11 is 5.57. The average Bonchev–Trinajstić information content (AvgIpc) is 2.54. The highest BCUT2D eigenvalue weighted by molar-refractivity contribution is 6.28. The van der Waals surface area contributed by atoms with E-state index in [-0.39, 0.29) is 11.7 Å². The summed E-state index contributed by atoms with van der Waals surface area (Å²) in [4.78, 5) is 9.69. The lowest BCUT2D eigenvalue weighted by Gasteiger charge is -2.18. The van der Waals surface area contributed by atoms with Gasteiger partial charge in [0.1, 0.15) is 11.7 Å². The zero-order valence-corrected chi connectivity index (χ0v) is 13.9. The van der Waals surface area contributed by atoms with Gasteiger partial charge in [0.05, 0.1) is 17.1 Å². The highest BCUT2D eigenvalue weighted by Crippen LogP contribution is 2.36. The van der Waals surface area contributed by atoms with E-state index in [0.717, 1.165) is 12.3 Å². The largest absolute Gasteiger partial charge is 0.417 e. The SMILES string of the molecule is CN(C)c1ncc(C(F)(F)F)cc1-c1ccc(N=C(N)CCl)cc1. The molecule has 2 N–H and O–H groups in total. The van der Waals surface area contributed by atoms with Crippen LogP contribution in [0.4, 0.5) is 24.7 Å². The Morgan fingerprint density at radius 2 is 1.88 bits per heavy atom. The molecule has 0 amide bonds. The summed E-state index contributed by atoms with van der Waals surface area (Å²) in [6, 6.07) is 7.76. The third-order valence-corrected chi connectivity index (χ3v) is 3.48. The number of alkyl halides is 4. The minimum Gasteiger partial charge on any atom is -0.386 e. The highest BCUT2D eigenvalue weighted by atomic mass is 35.5. The highest BCUT2D eigenvalue weighted by Gasteiger charge is 2.32. The lowest BCUT2D eigenvalue weighted by atomic mass is 10.0. The van der Waals surface area contributed by atoms with Crippen LogP contribution in [0.3, 0.4) is 0 Å². The number of amidine groups is 1. The Labute approximate surface area is 142 Å². The number of halogens is 4. The Balaban J connectivity index is 2.50. The van der Waals surface area contributed by atoms with Crippen LogP contribution in [0.5, 0.6) is 0 Å². The molecule has 0 saturated carbocycles. The van der Waals surface area contributed by atoms with Gasteiger partial charge in [-0.2, -0.15) is 13.2 Å². The second kappa shape index (κ2) is 7.09. The Morgan fingerprint density at radius 3 is 2.38 bits per heavy atom. The first-order valence-corrected chi connectivity index (χ1v) is 7.50. The minimum atomic E-state index is -4.45. The third-order valence-electron chi connectivity index (χ3n) is 3.21. The number of pyridine rings is 1. The van der Waals surface area contributed by atoms with Gasteiger partial charge in [0.25, 0.3) is 0 Å². The third kappa shape index (κ3) is 4.17. The fourth-order valence-corrected chi connectivity index (χ4v) is 2.15. The summed E-state index contributed by atoms with van der Waals surface area (Å²) in [7, 11) is 3.44. The number of hydrogen-bond acceptors (Lipinski definition) is 3. The fourth-order valence-electron chi connectivity index (χ4n) is 2.09. The molecule has 0 aliphatic carbocycles. The van der Waals surface area contributed by atoms with Crippen molar-refractivity contribution in [3.05, 3.63) is 42.1 Å². The van der Waals surface area contributed by atoms with E-state index in [1.807, 2.05) is 0 Å². The van der Waals surface area contributed by atoms with Crippen LogP contribution < -0.4 is 10.6 Å². The summed E-state index contributed by atoms with van der Waals surface area (Å²) in [6.07, 6.45) is -3.62. The quantitative estimate of drug-likeness (QED) is 0.510. The summed E-state index contributed by atoms with van der Waals surface area (Å²) in [6.45, 7) is 0. The molecule has 0 aliphatic heterocycles. The number of hydrogen-bond donors (Lipinski definition) is 1. The lowest BCUT2D eigenvalue weighted by molar-refractivity contribution is -0.137. The number of aromatic nitrogens is 1. The molecule has 8 heteroatoms. The van der Waals surface area contributed by atoms with Gasteiger partial charge in [0, 0.05) is 25.9 Å². The molecule has 0 spiro atoms. The van der Waals surface area contributed by atoms with Crippen molar-refractivity contribution >= 4 is 28.9 Å². The maximum absolute atomic E-state index is 13.0. The molecule has 0 unspecified atom stereocenters. The van der Waals surface area contributed by atoms with Crippen LogP contribution in [-0.4, -0.2) is 30.8 Å². The van der Waals surface area contributed by atoms with Gasteiger partial charge in [-0.05, 0) is 23.8 Å². The van der Waals surface area contributed by atoms with Crippen molar-refractivity contribution in [3.63, 3.8) is 0 Å². The Morgan fingerprint density at radius 1 is 1.25 bits per heavy atom. The van der Waals surface area contributed by atoms with E-state index < -0.39 is 11.7 Å². The molecule has 1 heterocycles. The van der Waals surface area contributed by atoms with Gasteiger partial charge >= 0.3 is 6.18 Å². The number of aliphatic imine (C=N–C) groups is 1. The van der Waals surface area contributed by atoms with Crippen LogP contribution in [0.15, 0.2) is 41.5 Å². The van der Waals surface area contributed by atoms with Crippen LogP contribution in [0.2, 0.25) is 0 Å². The summed E-state index contributed by atoms with van der Waals surface area (Å²) in [5.74, 6) is 0.808. The van der Waals surface area contributed by atoms with Gasteiger partial charge in [-0.15, -0.1) is 11.6 Å². The van der Waals surface area contributed by atoms with E-state index >= 15 is 0 Å². The lowest BCUT2D eigenvalue weighted by Crippen LogP contribution is -2.14. The van der Waals surface area contributed by atoms with E-state index in [1.54, 1.807) is 43.3 Å². The summed E-state index contributed by atoms with van der Waals surface area (Å²) in [5.41, 5.74) is 6.32. The Kier molecular flexibility index (Phi) is 5.33. The first-order chi connectivity index (χ1) is 11.2. The molecule has 2 rings (SSSR count). The predicted molar refractivity (Wildman–Crippen MR) is 91.0 cm³/mol. The number of rotatable bonds is 4. The molecule has 1 aromatic heterocycles. The van der Waals surface area contributed by atoms with Crippen molar-refractivity contribution in [3.8, 4) is 11.1 Å². The fraction of sp³-hybridized carbons (Fsp3) is 0.250. The molecular weight excluding hydrogens is 341 g/mol. The van der Waals surface area contributed by atoms with Gasteiger partial charge in [0.2, 0.25) is 0 Å². The summed E-state index contributed by atoms with van der Waals surface area (Å²) < 4.78 is 38.9. The van der Waals surface area contributed by atoms with Crippen molar-refractivity contribution in [1.82, 2.24) is 4.98 Å². The van der Waals surface area contributed by atoms with Crippen LogP contribution in [0.1, 0.15) is 5.56 Å². The van der Waals surface area contributed by atoms with Crippen molar-refractivity contribution in [2.45, 2.75) is 6.18 Å². The van der Waals surface area contributed by atoms with Crippen molar-refractivity contribution in [2.24, 2.45) is 10.7 Å². The zero-order chi connectivity index (χ0) is 17.9. The molecule has 0 fully saturated rings. The monoisotopic (exact) mass is 356 g/mol. The molecule has 128 valence electrons. The minimum absolute atomic E-state index is 0.101. The zero-order valence-electron chi connectivity index (χ0n) is 13.1. The van der Waals surface area contributed by atoms with Gasteiger partial charge < -0.3 is 10.6 Å². The molecule has 24 heavy (non-hydrogen) atoms. The predicted octanol–water partition coefficient (Wildman–Crippen LogP) is 4.06. The molecule has 2 aromatic rings. The maximum atomic E-state index is 13.0. The number of nitrogens with zero attached hydrogens (tertiary/aromatic N) is 3. The molecule has 4 nitrogen and oxygen atoms in total. The standard InChI is InChI=1S/C16H16ClF3N4/c1-24(2)15-13(7-11(9-22-15)16(18,19)20)10-3-5-12(6-4-10)23-14(21)8-17/h3-7,9H,8H2,1-2H3,(H2,21,23). The van der Waals surface area contributed by atoms with E-state index in [2.05, 4.69) is 9.98 Å². The van der Waals surface area contributed by atoms with E-state index in [1.165, 1.54) is 0 Å². The molecule has 0 saturated heterocycles. The first-order valence-electron chi connectivity index (χ1n) is 6.96. The first kappa shape index (κ1) is 18.1. The Bertz CT molecular complexity index is 740. The maximum Gasteiger partial charge on any atom is 0.417 e. The number of nitrogens with two attached hydrogens (primary N) is 1. The van der Waals surface area contributed by atoms with Crippen molar-refractivity contribution < 1.29 is 13.2 Å². The average molecular weight is 357 g/mol. The van der Waals surface area contributed by atoms with Crippen LogP contribution in [0.25, 0.3) is 11.1 Å². The van der Waals surface area contributed by atoms with E-state index in [0.29, 0.717) is 22.6 Å². The molecule has 0 atom stereocenters. The second-order valence-corrected chi connectivity index (χ2v) is 5.54. The van der Waals surface area contributed by atoms with Gasteiger partial charge in [-0.3, -0.25) is 0 Å². The molecular formula is C16H16ClF3N4. The smallest absolute Gasteiger partial charge is 0.386 e. The van der Waals surface area contributed by atoms with Crippen LogP contribution in [-0.2, 0) is 6.18 Å². The van der Waals surface area contributed by atoms with Gasteiger partial charge in [0.15, 0.2) is 0 Å². The van der Waals surface area contributed by atoms with Gasteiger partial charge in [-0.1, -0.05) is 12.1 Å². The molecule has 1 aromatic carbocycles. The second-order valence-electron chi connectivity index (χ2n) is 5.27. The molecule has 0 bridgehead atoms. The van der Waals surface area contributed by atoms with Crippen LogP contribution in [0, 0.1) is 0 Å². The van der Waals surface area contributed by atoms with Gasteiger partial charge in [-0.25, -0.2) is 9.98 Å².